The number of fused-ring (bicyclic) bond motifs is 3. The number of nitrogens with one attached hydrogen (secondary N) is 2. The maximum Gasteiger partial charge on any atom is 0.250 e. The van der Waals surface area contributed by atoms with Gasteiger partial charge >= 0.3 is 0 Å². The zero-order chi connectivity index (χ0) is 18.1. The van der Waals surface area contributed by atoms with E-state index in [9.17, 15) is 8.78 Å². The van der Waals surface area contributed by atoms with E-state index in [4.69, 9.17) is 0 Å². The molecule has 2 aromatic rings. The zero-order valence-electron chi connectivity index (χ0n) is 14.9. The van der Waals surface area contributed by atoms with Crippen LogP contribution in [0.25, 0.3) is 11.3 Å². The molecule has 4 heterocycles. The van der Waals surface area contributed by atoms with Crippen molar-refractivity contribution in [2.75, 3.05) is 50.0 Å². The Kier molecular flexibility index (Phi) is 4.83. The Bertz CT molecular complexity index is 748. The van der Waals surface area contributed by atoms with Crippen LogP contribution in [0.4, 0.5) is 19.7 Å². The summed E-state index contributed by atoms with van der Waals surface area (Å²) in [6.45, 7) is 3.65. The quantitative estimate of drug-likeness (QED) is 0.832. The summed E-state index contributed by atoms with van der Waals surface area (Å²) in [6.07, 6.45) is 3.72. The number of H-pyrrole nitrogens is 1. The molecule has 142 valence electrons. The number of nitrogens with zero attached hydrogens (tertiary/aromatic N) is 4. The minimum absolute atomic E-state index is 0.0128. The zero-order valence-corrected chi connectivity index (χ0v) is 15.7. The summed E-state index contributed by atoms with van der Waals surface area (Å²) >= 11 is 1.69. The average Bonchev–Trinajstić information content (AvgIpc) is 3.23. The Labute approximate surface area is 155 Å². The van der Waals surface area contributed by atoms with Crippen molar-refractivity contribution in [2.24, 2.45) is 0 Å². The van der Waals surface area contributed by atoms with Crippen molar-refractivity contribution in [3.8, 4) is 11.3 Å². The number of aromatic nitrogens is 3. The normalized spacial score (nSPS) is 19.7. The molecule has 0 unspecified atom stereocenters. The molecule has 0 aliphatic carbocycles. The molecule has 2 aliphatic rings. The Morgan fingerprint density at radius 2 is 2.08 bits per heavy atom. The largest absolute Gasteiger partial charge is 0.365 e. The van der Waals surface area contributed by atoms with Crippen LogP contribution in [0.2, 0.25) is 0 Å². The van der Waals surface area contributed by atoms with Crippen molar-refractivity contribution in [3.63, 3.8) is 0 Å². The van der Waals surface area contributed by atoms with E-state index in [1.165, 1.54) is 4.88 Å². The Balaban J connectivity index is 1.38. The van der Waals surface area contributed by atoms with E-state index in [0.717, 1.165) is 54.7 Å². The first kappa shape index (κ1) is 17.7. The third-order valence-corrected chi connectivity index (χ3v) is 6.33. The minimum Gasteiger partial charge on any atom is -0.365 e. The molecule has 6 nitrogen and oxygen atoms in total. The topological polar surface area (TPSA) is 60.1 Å². The third kappa shape index (κ3) is 3.55. The van der Waals surface area contributed by atoms with E-state index in [1.807, 2.05) is 13.2 Å². The second-order valence-electron chi connectivity index (χ2n) is 6.96. The lowest BCUT2D eigenvalue weighted by atomic mass is 10.1. The van der Waals surface area contributed by atoms with Gasteiger partial charge in [-0.05, 0) is 13.0 Å². The van der Waals surface area contributed by atoms with Gasteiger partial charge in [0.05, 0.1) is 17.5 Å². The lowest BCUT2D eigenvalue weighted by Gasteiger charge is -2.32. The number of rotatable bonds is 5. The molecule has 1 saturated heterocycles. The van der Waals surface area contributed by atoms with Crippen molar-refractivity contribution in [2.45, 2.75) is 31.6 Å². The lowest BCUT2D eigenvalue weighted by Crippen LogP contribution is -2.40. The van der Waals surface area contributed by atoms with Gasteiger partial charge < -0.3 is 15.1 Å². The molecule has 2 N–H and O–H groups in total. The van der Waals surface area contributed by atoms with Crippen LogP contribution in [0.1, 0.15) is 24.1 Å². The van der Waals surface area contributed by atoms with Crippen LogP contribution in [0, 0.1) is 0 Å². The van der Waals surface area contributed by atoms with E-state index < -0.39 is 5.92 Å². The van der Waals surface area contributed by atoms with Gasteiger partial charge in [0.1, 0.15) is 5.82 Å². The van der Waals surface area contributed by atoms with Crippen LogP contribution in [0.3, 0.4) is 0 Å². The average molecular weight is 382 g/mol. The second kappa shape index (κ2) is 7.11. The molecule has 0 amide bonds. The minimum atomic E-state index is -2.47. The summed E-state index contributed by atoms with van der Waals surface area (Å²) in [5.74, 6) is -1.45. The lowest BCUT2D eigenvalue weighted by molar-refractivity contribution is -0.0550. The highest BCUT2D eigenvalue weighted by Gasteiger charge is 2.33. The van der Waals surface area contributed by atoms with Gasteiger partial charge in [0.25, 0.3) is 5.92 Å². The highest BCUT2D eigenvalue weighted by Crippen LogP contribution is 2.38. The first-order valence-corrected chi connectivity index (χ1v) is 9.94. The van der Waals surface area contributed by atoms with Crippen LogP contribution in [-0.2, 0) is 6.42 Å². The third-order valence-electron chi connectivity index (χ3n) is 5.20. The van der Waals surface area contributed by atoms with E-state index in [-0.39, 0.29) is 12.8 Å². The number of likely N-dealkylation sites (tertiary alicyclic amines) is 1. The van der Waals surface area contributed by atoms with Crippen LogP contribution in [-0.4, -0.2) is 65.8 Å². The summed E-state index contributed by atoms with van der Waals surface area (Å²) in [7, 11) is 1.89. The number of piperidine rings is 1. The van der Waals surface area contributed by atoms with Crippen molar-refractivity contribution in [1.29, 1.82) is 0 Å². The molecule has 1 fully saturated rings. The molecule has 0 aromatic carbocycles. The van der Waals surface area contributed by atoms with Crippen molar-refractivity contribution in [3.05, 3.63) is 11.1 Å². The van der Waals surface area contributed by atoms with Gasteiger partial charge in [-0.25, -0.2) is 13.8 Å². The molecular formula is C17H24F2N6S. The highest BCUT2D eigenvalue weighted by molar-refractivity contribution is 7.16. The molecule has 26 heavy (non-hydrogen) atoms. The van der Waals surface area contributed by atoms with Crippen molar-refractivity contribution >= 4 is 22.3 Å². The summed E-state index contributed by atoms with van der Waals surface area (Å²) in [5.41, 5.74) is 2.07. The van der Waals surface area contributed by atoms with Crippen LogP contribution < -0.4 is 10.2 Å². The number of hydrogen-bond donors (Lipinski definition) is 2. The maximum absolute atomic E-state index is 13.3. The van der Waals surface area contributed by atoms with E-state index in [0.29, 0.717) is 13.1 Å². The van der Waals surface area contributed by atoms with Gasteiger partial charge in [0, 0.05) is 57.4 Å². The Morgan fingerprint density at radius 1 is 1.27 bits per heavy atom. The molecule has 0 atom stereocenters. The summed E-state index contributed by atoms with van der Waals surface area (Å²) < 4.78 is 26.5. The predicted molar refractivity (Wildman–Crippen MR) is 100 cm³/mol. The van der Waals surface area contributed by atoms with Crippen molar-refractivity contribution < 1.29 is 8.78 Å². The van der Waals surface area contributed by atoms with Gasteiger partial charge in [0.2, 0.25) is 0 Å². The van der Waals surface area contributed by atoms with Crippen LogP contribution in [0.15, 0.2) is 6.20 Å². The molecule has 0 spiro atoms. The van der Waals surface area contributed by atoms with Crippen LogP contribution >= 0.6 is 11.3 Å². The predicted octanol–water partition coefficient (Wildman–Crippen LogP) is 3.06. The molecule has 2 aliphatic heterocycles. The highest BCUT2D eigenvalue weighted by atomic mass is 32.1. The molecular weight excluding hydrogens is 358 g/mol. The first-order chi connectivity index (χ1) is 12.6. The fourth-order valence-corrected chi connectivity index (χ4v) is 4.61. The summed E-state index contributed by atoms with van der Waals surface area (Å²) in [4.78, 5) is 10.4. The van der Waals surface area contributed by atoms with Crippen molar-refractivity contribution in [1.82, 2.24) is 20.1 Å². The molecule has 2 aromatic heterocycles. The standard InChI is InChI=1S/C17H24F2N6S/c1-20-16-22-14-12-11-21-23-15(12)25(8-3-13(14)26-16)7-2-6-24-9-4-17(18,19)5-10-24/h11H,2-10H2,1H3,(H,20,22)(H,21,23). The molecule has 0 saturated carbocycles. The van der Waals surface area contributed by atoms with Gasteiger partial charge in [-0.1, -0.05) is 0 Å². The first-order valence-electron chi connectivity index (χ1n) is 9.12. The number of thiazole rings is 1. The van der Waals surface area contributed by atoms with Gasteiger partial charge in [0.15, 0.2) is 5.13 Å². The molecule has 4 rings (SSSR count). The van der Waals surface area contributed by atoms with E-state index in [2.05, 4.69) is 30.3 Å². The number of alkyl halides is 2. The summed E-state index contributed by atoms with van der Waals surface area (Å²) in [6, 6.07) is 0. The molecule has 0 bridgehead atoms. The van der Waals surface area contributed by atoms with Gasteiger partial charge in [-0.2, -0.15) is 5.10 Å². The Morgan fingerprint density at radius 3 is 2.85 bits per heavy atom. The monoisotopic (exact) mass is 382 g/mol. The van der Waals surface area contributed by atoms with E-state index in [1.54, 1.807) is 11.3 Å². The molecule has 0 radical (unpaired) electrons. The second-order valence-corrected chi connectivity index (χ2v) is 8.04. The maximum atomic E-state index is 13.3. The number of halogens is 2. The van der Waals surface area contributed by atoms with Gasteiger partial charge in [-0.15, -0.1) is 11.3 Å². The number of hydrogen-bond acceptors (Lipinski definition) is 6. The molecule has 9 heteroatoms. The fourth-order valence-electron chi connectivity index (χ4n) is 3.69. The fraction of sp³-hybridized carbons (Fsp3) is 0.647. The van der Waals surface area contributed by atoms with Crippen LogP contribution in [0.5, 0.6) is 0 Å². The number of aromatic amines is 1. The van der Waals surface area contributed by atoms with Gasteiger partial charge in [-0.3, -0.25) is 5.10 Å². The number of anilines is 2. The Hall–Kier alpha value is -1.74. The summed E-state index contributed by atoms with van der Waals surface area (Å²) in [5, 5.41) is 11.4. The SMILES string of the molecule is CNc1nc2c(s1)CCN(CCCN1CCC(F)(F)CC1)c1[nH]ncc1-2. The smallest absolute Gasteiger partial charge is 0.250 e. The van der Waals surface area contributed by atoms with E-state index >= 15 is 0 Å².